The number of benzene rings is 4. The number of rotatable bonds is 13. The first-order valence-corrected chi connectivity index (χ1v) is 16.8. The van der Waals surface area contributed by atoms with Crippen LogP contribution >= 0.6 is 15.9 Å². The number of amides is 2. The van der Waals surface area contributed by atoms with Gasteiger partial charge in [-0.05, 0) is 73.4 Å². The van der Waals surface area contributed by atoms with E-state index in [4.69, 9.17) is 0 Å². The second kappa shape index (κ2) is 15.2. The highest BCUT2D eigenvalue weighted by Gasteiger charge is 2.35. The molecule has 0 aliphatic carbocycles. The molecule has 4 rings (SSSR count). The fourth-order valence-electron chi connectivity index (χ4n) is 4.86. The number of hydrogen-bond acceptors (Lipinski definition) is 4. The van der Waals surface area contributed by atoms with Crippen molar-refractivity contribution in [3.05, 3.63) is 130 Å². The van der Waals surface area contributed by atoms with Crippen molar-refractivity contribution in [3.8, 4) is 0 Å². The monoisotopic (exact) mass is 675 g/mol. The average molecular weight is 677 g/mol. The van der Waals surface area contributed by atoms with Gasteiger partial charge >= 0.3 is 0 Å². The highest BCUT2D eigenvalue weighted by atomic mass is 79.9. The molecule has 0 spiro atoms. The van der Waals surface area contributed by atoms with Gasteiger partial charge < -0.3 is 10.2 Å². The topological polar surface area (TPSA) is 86.8 Å². The Morgan fingerprint density at radius 3 is 2.11 bits per heavy atom. The van der Waals surface area contributed by atoms with Crippen molar-refractivity contribution >= 4 is 43.5 Å². The third-order valence-corrected chi connectivity index (χ3v) is 9.70. The lowest BCUT2D eigenvalue weighted by atomic mass is 10.0. The van der Waals surface area contributed by atoms with Crippen molar-refractivity contribution in [1.29, 1.82) is 0 Å². The van der Waals surface area contributed by atoms with E-state index in [1.165, 1.54) is 17.0 Å². The van der Waals surface area contributed by atoms with E-state index in [1.54, 1.807) is 36.4 Å². The van der Waals surface area contributed by atoms with Gasteiger partial charge in [0.15, 0.2) is 0 Å². The number of nitrogens with zero attached hydrogens (tertiary/aromatic N) is 2. The Kier molecular flexibility index (Phi) is 11.4. The molecular formula is C35H38BrN3O4S. The Labute approximate surface area is 269 Å². The van der Waals surface area contributed by atoms with E-state index in [-0.39, 0.29) is 29.8 Å². The van der Waals surface area contributed by atoms with E-state index < -0.39 is 28.5 Å². The molecular weight excluding hydrogens is 638 g/mol. The quantitative estimate of drug-likeness (QED) is 0.175. The fourth-order valence-corrected chi connectivity index (χ4v) is 6.73. The fraction of sp³-hybridized carbons (Fsp3) is 0.257. The number of carbonyl (C=O) groups excluding carboxylic acids is 2. The molecule has 1 N–H and O–H groups in total. The second-order valence-corrected chi connectivity index (χ2v) is 13.6. The first kappa shape index (κ1) is 33.0. The van der Waals surface area contributed by atoms with Gasteiger partial charge in [0.25, 0.3) is 10.0 Å². The zero-order valence-corrected chi connectivity index (χ0v) is 27.6. The summed E-state index contributed by atoms with van der Waals surface area (Å²) >= 11 is 3.51. The lowest BCUT2D eigenvalue weighted by Crippen LogP contribution is -2.54. The van der Waals surface area contributed by atoms with E-state index >= 15 is 0 Å². The van der Waals surface area contributed by atoms with Gasteiger partial charge in [-0.25, -0.2) is 8.42 Å². The molecule has 0 heterocycles. The number of sulfonamides is 1. The molecule has 0 saturated heterocycles. The Bertz CT molecular complexity index is 1670. The molecule has 2 unspecified atom stereocenters. The van der Waals surface area contributed by atoms with E-state index in [1.807, 2.05) is 81.4 Å². The van der Waals surface area contributed by atoms with Crippen LogP contribution in [0.15, 0.2) is 119 Å². The summed E-state index contributed by atoms with van der Waals surface area (Å²) in [4.78, 5) is 30.0. The molecule has 0 radical (unpaired) electrons. The molecule has 9 heteroatoms. The molecule has 2 atom stereocenters. The van der Waals surface area contributed by atoms with Crippen molar-refractivity contribution in [2.45, 2.75) is 57.1 Å². The van der Waals surface area contributed by atoms with E-state index in [9.17, 15) is 18.0 Å². The van der Waals surface area contributed by atoms with Gasteiger partial charge in [0.2, 0.25) is 11.8 Å². The standard InChI is InChI=1S/C35H38BrN3O4S/c1-4-27(3)37-35(41)33(23-28-14-7-5-8-15-28)38(24-29-16-12-17-30(36)22-29)34(40)25-39(31-18-11-13-26(2)21-31)44(42,43)32-19-9-6-10-20-32/h5-22,27,33H,4,23-25H2,1-3H3,(H,37,41). The number of carbonyl (C=O) groups is 2. The predicted molar refractivity (Wildman–Crippen MR) is 179 cm³/mol. The number of nitrogens with one attached hydrogen (secondary N) is 1. The van der Waals surface area contributed by atoms with Crippen LogP contribution < -0.4 is 9.62 Å². The molecule has 0 aromatic heterocycles. The summed E-state index contributed by atoms with van der Waals surface area (Å²) in [5.41, 5.74) is 2.91. The third-order valence-electron chi connectivity index (χ3n) is 7.41. The van der Waals surface area contributed by atoms with Gasteiger partial charge in [-0.15, -0.1) is 0 Å². The predicted octanol–water partition coefficient (Wildman–Crippen LogP) is 6.51. The first-order valence-electron chi connectivity index (χ1n) is 14.6. The molecule has 0 saturated carbocycles. The lowest BCUT2D eigenvalue weighted by molar-refractivity contribution is -0.140. The van der Waals surface area contributed by atoms with Crippen molar-refractivity contribution < 1.29 is 18.0 Å². The summed E-state index contributed by atoms with van der Waals surface area (Å²) in [6.07, 6.45) is 0.985. The van der Waals surface area contributed by atoms with E-state index in [0.29, 0.717) is 5.69 Å². The second-order valence-electron chi connectivity index (χ2n) is 10.8. The number of aryl methyl sites for hydroxylation is 1. The maximum Gasteiger partial charge on any atom is 0.264 e. The van der Waals surface area contributed by atoms with Crippen LogP contribution in [-0.4, -0.2) is 43.8 Å². The van der Waals surface area contributed by atoms with Crippen LogP contribution in [0.3, 0.4) is 0 Å². The van der Waals surface area contributed by atoms with Crippen LogP contribution in [-0.2, 0) is 32.6 Å². The van der Waals surface area contributed by atoms with Gasteiger partial charge in [-0.2, -0.15) is 0 Å². The van der Waals surface area contributed by atoms with E-state index in [0.717, 1.165) is 31.9 Å². The van der Waals surface area contributed by atoms with Crippen molar-refractivity contribution in [3.63, 3.8) is 0 Å². The molecule has 2 amide bonds. The summed E-state index contributed by atoms with van der Waals surface area (Å²) in [5.74, 6) is -0.786. The van der Waals surface area contributed by atoms with Gasteiger partial charge in [0, 0.05) is 23.5 Å². The van der Waals surface area contributed by atoms with Crippen molar-refractivity contribution in [2.24, 2.45) is 0 Å². The van der Waals surface area contributed by atoms with Crippen LogP contribution in [0.2, 0.25) is 0 Å². The normalized spacial score (nSPS) is 12.6. The first-order chi connectivity index (χ1) is 21.1. The summed E-state index contributed by atoms with van der Waals surface area (Å²) in [6.45, 7) is 5.39. The minimum atomic E-state index is -4.13. The van der Waals surface area contributed by atoms with Gasteiger partial charge in [-0.3, -0.25) is 13.9 Å². The Morgan fingerprint density at radius 2 is 1.48 bits per heavy atom. The van der Waals surface area contributed by atoms with Crippen molar-refractivity contribution in [2.75, 3.05) is 10.8 Å². The summed E-state index contributed by atoms with van der Waals surface area (Å²) in [6, 6.07) is 31.2. The molecule has 0 aliphatic heterocycles. The van der Waals surface area contributed by atoms with Crippen LogP contribution in [0.1, 0.15) is 37.0 Å². The van der Waals surface area contributed by atoms with Crippen LogP contribution in [0.5, 0.6) is 0 Å². The molecule has 230 valence electrons. The zero-order valence-electron chi connectivity index (χ0n) is 25.2. The largest absolute Gasteiger partial charge is 0.352 e. The third kappa shape index (κ3) is 8.57. The Balaban J connectivity index is 1.80. The smallest absolute Gasteiger partial charge is 0.264 e. The van der Waals surface area contributed by atoms with E-state index in [2.05, 4.69) is 21.2 Å². The molecule has 0 bridgehead atoms. The van der Waals surface area contributed by atoms with Gasteiger partial charge in [0.1, 0.15) is 12.6 Å². The SMILES string of the molecule is CCC(C)NC(=O)C(Cc1ccccc1)N(Cc1cccc(Br)c1)C(=O)CN(c1cccc(C)c1)S(=O)(=O)c1ccccc1. The Morgan fingerprint density at radius 1 is 0.841 bits per heavy atom. The maximum absolute atomic E-state index is 14.5. The summed E-state index contributed by atoms with van der Waals surface area (Å²) in [5, 5.41) is 3.06. The number of hydrogen-bond donors (Lipinski definition) is 1. The van der Waals surface area contributed by atoms with Gasteiger partial charge in [-0.1, -0.05) is 95.7 Å². The molecule has 0 aliphatic rings. The lowest BCUT2D eigenvalue weighted by Gasteiger charge is -2.34. The molecule has 44 heavy (non-hydrogen) atoms. The summed E-state index contributed by atoms with van der Waals surface area (Å²) in [7, 11) is -4.13. The minimum Gasteiger partial charge on any atom is -0.352 e. The van der Waals surface area contributed by atoms with Gasteiger partial charge in [0.05, 0.1) is 10.6 Å². The van der Waals surface area contributed by atoms with Crippen LogP contribution in [0.25, 0.3) is 0 Å². The minimum absolute atomic E-state index is 0.0724. The molecule has 0 fully saturated rings. The number of halogens is 1. The maximum atomic E-state index is 14.5. The number of anilines is 1. The average Bonchev–Trinajstić information content (AvgIpc) is 3.02. The zero-order chi connectivity index (χ0) is 31.7. The van der Waals surface area contributed by atoms with Crippen LogP contribution in [0.4, 0.5) is 5.69 Å². The molecule has 4 aromatic carbocycles. The highest BCUT2D eigenvalue weighted by molar-refractivity contribution is 9.10. The van der Waals surface area contributed by atoms with Crippen LogP contribution in [0, 0.1) is 6.92 Å². The Hall–Kier alpha value is -3.95. The molecule has 7 nitrogen and oxygen atoms in total. The molecule has 4 aromatic rings. The highest BCUT2D eigenvalue weighted by Crippen LogP contribution is 2.26. The summed E-state index contributed by atoms with van der Waals surface area (Å²) < 4.78 is 30.1. The van der Waals surface area contributed by atoms with Crippen molar-refractivity contribution in [1.82, 2.24) is 10.2 Å².